The fourth-order valence-corrected chi connectivity index (χ4v) is 3.86. The minimum absolute atomic E-state index is 0.0889. The summed E-state index contributed by atoms with van der Waals surface area (Å²) in [6, 6.07) is 15.9. The number of unbranched alkanes of at least 4 members (excludes halogenated alkanes) is 2. The van der Waals surface area contributed by atoms with Crippen molar-refractivity contribution < 1.29 is 9.59 Å². The molecule has 1 aliphatic heterocycles. The third-order valence-corrected chi connectivity index (χ3v) is 5.90. The maximum atomic E-state index is 12.5. The number of benzene rings is 2. The van der Waals surface area contributed by atoms with Gasteiger partial charge in [0.05, 0.1) is 0 Å². The molecule has 31 heavy (non-hydrogen) atoms. The van der Waals surface area contributed by atoms with Crippen LogP contribution in [0.15, 0.2) is 48.5 Å². The Balaban J connectivity index is 1.50. The number of nitrogens with one attached hydrogen (secondary N) is 1. The van der Waals surface area contributed by atoms with Crippen LogP contribution in [0, 0.1) is 0 Å². The van der Waals surface area contributed by atoms with E-state index in [1.807, 2.05) is 53.4 Å². The maximum Gasteiger partial charge on any atom is 0.255 e. The first kappa shape index (κ1) is 22.9. The van der Waals surface area contributed by atoms with Gasteiger partial charge in [-0.25, -0.2) is 0 Å². The molecule has 1 heterocycles. The van der Waals surface area contributed by atoms with Crippen LogP contribution in [-0.4, -0.2) is 42.9 Å². The van der Waals surface area contributed by atoms with E-state index in [1.54, 1.807) is 0 Å². The lowest BCUT2D eigenvalue weighted by Gasteiger charge is -2.36. The van der Waals surface area contributed by atoms with Crippen molar-refractivity contribution in [2.24, 2.45) is 0 Å². The molecule has 0 bridgehead atoms. The van der Waals surface area contributed by atoms with Crippen LogP contribution in [-0.2, 0) is 11.2 Å². The Kier molecular flexibility index (Phi) is 8.51. The Labute approximate surface area is 186 Å². The van der Waals surface area contributed by atoms with Gasteiger partial charge in [-0.3, -0.25) is 9.59 Å². The van der Waals surface area contributed by atoms with Crippen LogP contribution < -0.4 is 10.2 Å². The van der Waals surface area contributed by atoms with Gasteiger partial charge in [0.2, 0.25) is 5.91 Å². The largest absolute Gasteiger partial charge is 0.368 e. The SMILES string of the molecule is CCCCC(=O)N1CCN(c2ccc(NC(=O)c3ccc(CCCC)cc3)cc2)CC1. The second kappa shape index (κ2) is 11.5. The molecule has 1 fully saturated rings. The number of aryl methyl sites for hydroxylation is 1. The van der Waals surface area contributed by atoms with E-state index < -0.39 is 0 Å². The lowest BCUT2D eigenvalue weighted by Crippen LogP contribution is -2.48. The van der Waals surface area contributed by atoms with Crippen LogP contribution in [0.5, 0.6) is 0 Å². The van der Waals surface area contributed by atoms with E-state index in [0.717, 1.165) is 56.8 Å². The van der Waals surface area contributed by atoms with E-state index in [-0.39, 0.29) is 11.8 Å². The molecule has 2 amide bonds. The molecule has 5 nitrogen and oxygen atoms in total. The Bertz CT molecular complexity index is 838. The number of hydrogen-bond acceptors (Lipinski definition) is 3. The highest BCUT2D eigenvalue weighted by molar-refractivity contribution is 6.04. The number of nitrogens with zero attached hydrogens (tertiary/aromatic N) is 2. The van der Waals surface area contributed by atoms with Crippen LogP contribution in [0.2, 0.25) is 0 Å². The zero-order chi connectivity index (χ0) is 22.1. The predicted octanol–water partition coefficient (Wildman–Crippen LogP) is 5.12. The van der Waals surface area contributed by atoms with Gasteiger partial charge in [-0.05, 0) is 61.2 Å². The Hall–Kier alpha value is -2.82. The second-order valence-electron chi connectivity index (χ2n) is 8.27. The smallest absolute Gasteiger partial charge is 0.255 e. The van der Waals surface area contributed by atoms with E-state index in [4.69, 9.17) is 0 Å². The van der Waals surface area contributed by atoms with E-state index >= 15 is 0 Å². The van der Waals surface area contributed by atoms with Crippen LogP contribution in [0.3, 0.4) is 0 Å². The summed E-state index contributed by atoms with van der Waals surface area (Å²) in [5.41, 5.74) is 3.86. The summed E-state index contributed by atoms with van der Waals surface area (Å²) >= 11 is 0. The van der Waals surface area contributed by atoms with Crippen molar-refractivity contribution in [2.75, 3.05) is 36.4 Å². The quantitative estimate of drug-likeness (QED) is 0.611. The van der Waals surface area contributed by atoms with Gasteiger partial charge in [-0.2, -0.15) is 0 Å². The third-order valence-electron chi connectivity index (χ3n) is 5.90. The van der Waals surface area contributed by atoms with Gasteiger partial charge < -0.3 is 15.1 Å². The van der Waals surface area contributed by atoms with Crippen LogP contribution in [0.4, 0.5) is 11.4 Å². The van der Waals surface area contributed by atoms with Gasteiger partial charge >= 0.3 is 0 Å². The number of piperazine rings is 1. The normalized spacial score (nSPS) is 13.9. The van der Waals surface area contributed by atoms with E-state index in [1.165, 1.54) is 18.4 Å². The number of anilines is 2. The number of amides is 2. The highest BCUT2D eigenvalue weighted by Gasteiger charge is 2.20. The molecule has 0 aromatic heterocycles. The van der Waals surface area contributed by atoms with Crippen LogP contribution in [0.25, 0.3) is 0 Å². The highest BCUT2D eigenvalue weighted by atomic mass is 16.2. The van der Waals surface area contributed by atoms with Gasteiger partial charge in [0.25, 0.3) is 5.91 Å². The van der Waals surface area contributed by atoms with Crippen molar-refractivity contribution in [3.05, 3.63) is 59.7 Å². The number of carbonyl (C=O) groups is 2. The Morgan fingerprint density at radius 1 is 0.839 bits per heavy atom. The number of hydrogen-bond donors (Lipinski definition) is 1. The average molecular weight is 422 g/mol. The predicted molar refractivity (Wildman–Crippen MR) is 128 cm³/mol. The molecule has 3 rings (SSSR count). The summed E-state index contributed by atoms with van der Waals surface area (Å²) in [7, 11) is 0. The molecule has 0 unspecified atom stereocenters. The molecule has 0 saturated carbocycles. The third kappa shape index (κ3) is 6.58. The first-order valence-corrected chi connectivity index (χ1v) is 11.6. The van der Waals surface area contributed by atoms with Crippen LogP contribution >= 0.6 is 0 Å². The molecule has 1 N–H and O–H groups in total. The number of carbonyl (C=O) groups excluding carboxylic acids is 2. The standard InChI is InChI=1S/C26H35N3O2/c1-3-5-7-21-9-11-22(12-10-21)26(31)27-23-13-15-24(16-14-23)28-17-19-29(20-18-28)25(30)8-6-4-2/h9-16H,3-8,17-20H2,1-2H3,(H,27,31). The molecule has 1 aliphatic rings. The summed E-state index contributed by atoms with van der Waals surface area (Å²) < 4.78 is 0. The number of rotatable bonds is 9. The molecule has 1 saturated heterocycles. The molecule has 166 valence electrons. The Morgan fingerprint density at radius 2 is 1.48 bits per heavy atom. The van der Waals surface area contributed by atoms with E-state index in [2.05, 4.69) is 24.1 Å². The van der Waals surface area contributed by atoms with Crippen molar-refractivity contribution in [1.29, 1.82) is 0 Å². The Morgan fingerprint density at radius 3 is 2.10 bits per heavy atom. The molecule has 2 aromatic carbocycles. The molecule has 2 aromatic rings. The van der Waals surface area contributed by atoms with E-state index in [0.29, 0.717) is 12.0 Å². The molecule has 0 spiro atoms. The fourth-order valence-electron chi connectivity index (χ4n) is 3.86. The van der Waals surface area contributed by atoms with Crippen molar-refractivity contribution in [3.8, 4) is 0 Å². The van der Waals surface area contributed by atoms with E-state index in [9.17, 15) is 9.59 Å². The molecule has 0 aliphatic carbocycles. The molecular weight excluding hydrogens is 386 g/mol. The lowest BCUT2D eigenvalue weighted by atomic mass is 10.1. The van der Waals surface area contributed by atoms with Crippen LogP contribution in [0.1, 0.15) is 61.9 Å². The van der Waals surface area contributed by atoms with Gasteiger partial charge in [0.15, 0.2) is 0 Å². The first-order valence-electron chi connectivity index (χ1n) is 11.6. The van der Waals surface area contributed by atoms with Gasteiger partial charge in [-0.1, -0.05) is 38.8 Å². The molecule has 0 atom stereocenters. The highest BCUT2D eigenvalue weighted by Crippen LogP contribution is 2.20. The summed E-state index contributed by atoms with van der Waals surface area (Å²) in [6.07, 6.45) is 6.08. The summed E-state index contributed by atoms with van der Waals surface area (Å²) in [4.78, 5) is 29.0. The van der Waals surface area contributed by atoms with Gasteiger partial charge in [0, 0.05) is 49.5 Å². The summed E-state index contributed by atoms with van der Waals surface area (Å²) in [5, 5.41) is 2.98. The average Bonchev–Trinajstić information content (AvgIpc) is 2.82. The zero-order valence-electron chi connectivity index (χ0n) is 18.9. The van der Waals surface area contributed by atoms with Gasteiger partial charge in [-0.15, -0.1) is 0 Å². The first-order chi connectivity index (χ1) is 15.1. The minimum Gasteiger partial charge on any atom is -0.368 e. The monoisotopic (exact) mass is 421 g/mol. The molecule has 5 heteroatoms. The zero-order valence-corrected chi connectivity index (χ0v) is 18.9. The maximum absolute atomic E-state index is 12.5. The van der Waals surface area contributed by atoms with Crippen molar-refractivity contribution in [3.63, 3.8) is 0 Å². The topological polar surface area (TPSA) is 52.7 Å². The summed E-state index contributed by atoms with van der Waals surface area (Å²) in [6.45, 7) is 7.52. The van der Waals surface area contributed by atoms with Crippen molar-refractivity contribution in [1.82, 2.24) is 4.90 Å². The van der Waals surface area contributed by atoms with Crippen molar-refractivity contribution in [2.45, 2.75) is 52.4 Å². The second-order valence-corrected chi connectivity index (χ2v) is 8.27. The van der Waals surface area contributed by atoms with Gasteiger partial charge in [0.1, 0.15) is 0 Å². The summed E-state index contributed by atoms with van der Waals surface area (Å²) in [5.74, 6) is 0.187. The molecular formula is C26H35N3O2. The minimum atomic E-state index is -0.0889. The molecule has 0 radical (unpaired) electrons. The lowest BCUT2D eigenvalue weighted by molar-refractivity contribution is -0.131. The van der Waals surface area contributed by atoms with Crippen molar-refractivity contribution >= 4 is 23.2 Å². The fraction of sp³-hybridized carbons (Fsp3) is 0.462.